The Labute approximate surface area is 232 Å². The van der Waals surface area contributed by atoms with Gasteiger partial charge in [0, 0.05) is 6.21 Å². The summed E-state index contributed by atoms with van der Waals surface area (Å²) in [4.78, 5) is 4.11. The molecule has 0 aliphatic carbocycles. The van der Waals surface area contributed by atoms with E-state index in [1.165, 1.54) is 16.7 Å². The molecule has 0 aliphatic rings. The molecule has 0 radical (unpaired) electrons. The van der Waals surface area contributed by atoms with Crippen LogP contribution in [0.25, 0.3) is 22.3 Å². The lowest BCUT2D eigenvalue weighted by Crippen LogP contribution is -2.41. The summed E-state index contributed by atoms with van der Waals surface area (Å²) < 4.78 is 5.41. The standard InChI is InChI=1S/C33H42N2O4/c1-6-23(7-2)24-9-11-25(12-10-24)26-13-15-27(16-14-26)29-18-21(4)28(17-22(29)5)19-35-33(34)39-31(8-3)32(38)30(37)20-36/h9-19,23,30-32,34,36-38H,6-8,20H2,1-5H3. The molecule has 6 heteroatoms. The highest BCUT2D eigenvalue weighted by atomic mass is 16.5. The predicted molar refractivity (Wildman–Crippen MR) is 160 cm³/mol. The largest absolute Gasteiger partial charge is 0.458 e. The van der Waals surface area contributed by atoms with Crippen LogP contribution in [0.1, 0.15) is 68.2 Å². The SMILES string of the molecule is CCC(CC)c1ccc(-c2ccc(-c3cc(C)c(C=NC(=N)OC(CC)C(O)C(O)CO)cc3C)cc2)cc1. The van der Waals surface area contributed by atoms with Gasteiger partial charge < -0.3 is 20.1 Å². The molecule has 4 N–H and O–H groups in total. The van der Waals surface area contributed by atoms with Crippen LogP contribution < -0.4 is 0 Å². The van der Waals surface area contributed by atoms with Gasteiger partial charge in [0.15, 0.2) is 0 Å². The first kappa shape index (κ1) is 30.2. The fraction of sp³-hybridized carbons (Fsp3) is 0.394. The van der Waals surface area contributed by atoms with E-state index in [0.717, 1.165) is 40.7 Å². The van der Waals surface area contributed by atoms with E-state index in [0.29, 0.717) is 12.3 Å². The molecule has 0 spiro atoms. The van der Waals surface area contributed by atoms with Crippen molar-refractivity contribution in [2.24, 2.45) is 4.99 Å². The zero-order valence-electron chi connectivity index (χ0n) is 23.7. The van der Waals surface area contributed by atoms with Crippen molar-refractivity contribution < 1.29 is 20.1 Å². The van der Waals surface area contributed by atoms with E-state index in [-0.39, 0.29) is 6.02 Å². The topological polar surface area (TPSA) is 106 Å². The number of aliphatic hydroxyl groups excluding tert-OH is 3. The Kier molecular flexibility index (Phi) is 11.0. The summed E-state index contributed by atoms with van der Waals surface area (Å²) in [6.45, 7) is 9.72. The summed E-state index contributed by atoms with van der Waals surface area (Å²) in [5, 5.41) is 36.8. The second kappa shape index (κ2) is 14.2. The molecular weight excluding hydrogens is 488 g/mol. The van der Waals surface area contributed by atoms with Crippen LogP contribution in [0.4, 0.5) is 0 Å². The first-order valence-corrected chi connectivity index (χ1v) is 13.8. The highest BCUT2D eigenvalue weighted by Gasteiger charge is 2.27. The van der Waals surface area contributed by atoms with Crippen LogP contribution in [0.15, 0.2) is 65.7 Å². The van der Waals surface area contributed by atoms with E-state index in [2.05, 4.69) is 80.4 Å². The summed E-state index contributed by atoms with van der Waals surface area (Å²) in [6, 6.07) is 21.4. The summed E-state index contributed by atoms with van der Waals surface area (Å²) >= 11 is 0. The van der Waals surface area contributed by atoms with Gasteiger partial charge in [-0.2, -0.15) is 0 Å². The van der Waals surface area contributed by atoms with Crippen molar-refractivity contribution in [1.82, 2.24) is 0 Å². The van der Waals surface area contributed by atoms with Crippen molar-refractivity contribution in [3.8, 4) is 22.3 Å². The van der Waals surface area contributed by atoms with Crippen LogP contribution in [0.5, 0.6) is 0 Å². The van der Waals surface area contributed by atoms with Gasteiger partial charge in [0.1, 0.15) is 18.3 Å². The lowest BCUT2D eigenvalue weighted by Gasteiger charge is -2.24. The molecular formula is C33H42N2O4. The van der Waals surface area contributed by atoms with Crippen LogP contribution in [0.3, 0.4) is 0 Å². The zero-order valence-corrected chi connectivity index (χ0v) is 23.7. The highest BCUT2D eigenvalue weighted by molar-refractivity contribution is 5.92. The number of hydrogen-bond acceptors (Lipinski definition) is 5. The Morgan fingerprint density at radius 1 is 0.846 bits per heavy atom. The van der Waals surface area contributed by atoms with Gasteiger partial charge in [-0.25, -0.2) is 10.4 Å². The maximum atomic E-state index is 10.1. The number of ether oxygens (including phenoxy) is 1. The Balaban J connectivity index is 1.73. The lowest BCUT2D eigenvalue weighted by molar-refractivity contribution is -0.0726. The predicted octanol–water partition coefficient (Wildman–Crippen LogP) is 6.40. The number of nitrogens with zero attached hydrogens (tertiary/aromatic N) is 1. The monoisotopic (exact) mass is 530 g/mol. The van der Waals surface area contributed by atoms with Crippen LogP contribution in [0.2, 0.25) is 0 Å². The van der Waals surface area contributed by atoms with Crippen molar-refractivity contribution >= 4 is 12.2 Å². The molecule has 6 nitrogen and oxygen atoms in total. The minimum atomic E-state index is -1.34. The number of amidine groups is 1. The Morgan fingerprint density at radius 3 is 1.95 bits per heavy atom. The fourth-order valence-electron chi connectivity index (χ4n) is 4.89. The number of benzene rings is 3. The van der Waals surface area contributed by atoms with Crippen molar-refractivity contribution in [2.45, 2.75) is 78.1 Å². The average Bonchev–Trinajstić information content (AvgIpc) is 2.96. The molecule has 208 valence electrons. The third-order valence-electron chi connectivity index (χ3n) is 7.46. The summed E-state index contributed by atoms with van der Waals surface area (Å²) in [6.07, 6.45) is 0.758. The maximum Gasteiger partial charge on any atom is 0.309 e. The van der Waals surface area contributed by atoms with Gasteiger partial charge in [-0.1, -0.05) is 75.4 Å². The zero-order chi connectivity index (χ0) is 28.5. The quantitative estimate of drug-likeness (QED) is 0.170. The second-order valence-electron chi connectivity index (χ2n) is 10.1. The molecule has 0 aromatic heterocycles. The molecule has 0 aliphatic heterocycles. The number of rotatable bonds is 11. The van der Waals surface area contributed by atoms with E-state index in [1.807, 2.05) is 13.0 Å². The Morgan fingerprint density at radius 2 is 1.41 bits per heavy atom. The molecule has 0 fully saturated rings. The highest BCUT2D eigenvalue weighted by Crippen LogP contribution is 2.30. The van der Waals surface area contributed by atoms with Gasteiger partial charge in [-0.15, -0.1) is 0 Å². The van der Waals surface area contributed by atoms with E-state index in [9.17, 15) is 10.2 Å². The number of hydrogen-bond donors (Lipinski definition) is 4. The minimum absolute atomic E-state index is 0.352. The van der Waals surface area contributed by atoms with Crippen LogP contribution in [0, 0.1) is 19.3 Å². The molecule has 0 saturated carbocycles. The molecule has 39 heavy (non-hydrogen) atoms. The van der Waals surface area contributed by atoms with Gasteiger partial charge in [0.25, 0.3) is 0 Å². The fourth-order valence-corrected chi connectivity index (χ4v) is 4.89. The van der Waals surface area contributed by atoms with Crippen molar-refractivity contribution in [3.05, 3.63) is 82.9 Å². The molecule has 3 aromatic carbocycles. The van der Waals surface area contributed by atoms with Crippen LogP contribution in [-0.2, 0) is 4.74 Å². The second-order valence-corrected chi connectivity index (χ2v) is 10.1. The molecule has 0 bridgehead atoms. The third kappa shape index (κ3) is 7.63. The molecule has 0 amide bonds. The Hall–Kier alpha value is -3.32. The van der Waals surface area contributed by atoms with Gasteiger partial charge in [0.05, 0.1) is 6.61 Å². The van der Waals surface area contributed by atoms with E-state index < -0.39 is 24.9 Å². The van der Waals surface area contributed by atoms with E-state index in [1.54, 1.807) is 13.1 Å². The van der Waals surface area contributed by atoms with Gasteiger partial charge in [-0.3, -0.25) is 0 Å². The van der Waals surface area contributed by atoms with Gasteiger partial charge in [0.2, 0.25) is 0 Å². The third-order valence-corrected chi connectivity index (χ3v) is 7.46. The minimum Gasteiger partial charge on any atom is -0.458 e. The lowest BCUT2D eigenvalue weighted by atomic mass is 9.91. The molecule has 0 heterocycles. The van der Waals surface area contributed by atoms with Gasteiger partial charge >= 0.3 is 6.02 Å². The summed E-state index contributed by atoms with van der Waals surface area (Å²) in [5.74, 6) is 0.617. The van der Waals surface area contributed by atoms with Crippen LogP contribution in [-0.4, -0.2) is 52.5 Å². The summed E-state index contributed by atoms with van der Waals surface area (Å²) in [5.41, 5.74) is 9.04. The number of aliphatic imine (C=N–C) groups is 1. The van der Waals surface area contributed by atoms with Crippen molar-refractivity contribution in [2.75, 3.05) is 6.61 Å². The first-order chi connectivity index (χ1) is 18.7. The smallest absolute Gasteiger partial charge is 0.309 e. The number of aliphatic hydroxyl groups is 3. The van der Waals surface area contributed by atoms with Crippen molar-refractivity contribution in [3.63, 3.8) is 0 Å². The summed E-state index contributed by atoms with van der Waals surface area (Å²) in [7, 11) is 0. The molecule has 3 atom stereocenters. The number of aryl methyl sites for hydroxylation is 2. The molecule has 3 aromatic rings. The van der Waals surface area contributed by atoms with Gasteiger partial charge in [-0.05, 0) is 89.6 Å². The maximum absolute atomic E-state index is 10.1. The average molecular weight is 531 g/mol. The van der Waals surface area contributed by atoms with E-state index in [4.69, 9.17) is 15.3 Å². The normalized spacial score (nSPS) is 14.0. The first-order valence-electron chi connectivity index (χ1n) is 13.8. The van der Waals surface area contributed by atoms with Crippen molar-refractivity contribution in [1.29, 1.82) is 5.41 Å². The van der Waals surface area contributed by atoms with E-state index >= 15 is 0 Å². The van der Waals surface area contributed by atoms with Crippen LogP contribution >= 0.6 is 0 Å². The molecule has 3 unspecified atom stereocenters. The Bertz CT molecular complexity index is 1250. The molecule has 3 rings (SSSR count). The number of nitrogens with one attached hydrogen (secondary N) is 1. The molecule has 0 saturated heterocycles.